The molecule has 1 aromatic carbocycles. The number of methoxy groups -OCH3 is 1. The Hall–Kier alpha value is -1.22. The van der Waals surface area contributed by atoms with E-state index in [1.807, 2.05) is 12.1 Å². The van der Waals surface area contributed by atoms with Crippen LogP contribution < -0.4 is 4.74 Å². The molecule has 1 heterocycles. The third-order valence-electron chi connectivity index (χ3n) is 4.35. The zero-order valence-corrected chi connectivity index (χ0v) is 11.0. The van der Waals surface area contributed by atoms with Gasteiger partial charge < -0.3 is 9.84 Å². The number of benzene rings is 1. The summed E-state index contributed by atoms with van der Waals surface area (Å²) in [5.74, 6) is 0.796. The summed E-state index contributed by atoms with van der Waals surface area (Å²) in [5, 5.41) is 9.60. The molecule has 0 amide bonds. The molecule has 1 aromatic rings. The monoisotopic (exact) mass is 247 g/mol. The molecule has 2 aliphatic rings. The van der Waals surface area contributed by atoms with E-state index in [4.69, 9.17) is 4.74 Å². The van der Waals surface area contributed by atoms with Crippen molar-refractivity contribution in [3.63, 3.8) is 0 Å². The van der Waals surface area contributed by atoms with E-state index < -0.39 is 0 Å². The average Bonchev–Trinajstić information content (AvgIpc) is 3.11. The van der Waals surface area contributed by atoms with Crippen LogP contribution in [0, 0.1) is 5.41 Å². The van der Waals surface area contributed by atoms with Crippen molar-refractivity contribution in [1.82, 2.24) is 4.90 Å². The lowest BCUT2D eigenvalue weighted by atomic mass is 9.95. The molecule has 3 rings (SSSR count). The smallest absolute Gasteiger partial charge is 0.160 e. The molecule has 0 bridgehead atoms. The number of ether oxygens (including phenoxy) is 1. The van der Waals surface area contributed by atoms with Crippen molar-refractivity contribution in [2.24, 2.45) is 5.41 Å². The predicted octanol–water partition coefficient (Wildman–Crippen LogP) is 2.78. The minimum absolute atomic E-state index is 0.221. The van der Waals surface area contributed by atoms with Crippen LogP contribution in [0.15, 0.2) is 18.2 Å². The molecule has 0 unspecified atom stereocenters. The molecule has 1 aliphatic carbocycles. The quantitative estimate of drug-likeness (QED) is 0.891. The molecule has 1 N–H and O–H groups in total. The Kier molecular flexibility index (Phi) is 2.94. The Bertz CT molecular complexity index is 440. The summed E-state index contributed by atoms with van der Waals surface area (Å²) in [5.41, 5.74) is 1.89. The number of aromatic hydroxyl groups is 1. The highest BCUT2D eigenvalue weighted by molar-refractivity contribution is 5.41. The standard InChI is InChI=1S/C15H21NO2/c1-18-14-9-12(3-4-13(14)17)10-16-8-2-5-15(11-16)6-7-15/h3-4,9,17H,2,5-8,10-11H2,1H3. The Morgan fingerprint density at radius 3 is 2.89 bits per heavy atom. The summed E-state index contributed by atoms with van der Waals surface area (Å²) in [7, 11) is 1.60. The number of phenols is 1. The Morgan fingerprint density at radius 2 is 2.17 bits per heavy atom. The Labute approximate surface area is 108 Å². The maximum absolute atomic E-state index is 9.60. The molecular weight excluding hydrogens is 226 g/mol. The van der Waals surface area contributed by atoms with Crippen molar-refractivity contribution < 1.29 is 9.84 Å². The zero-order chi connectivity index (χ0) is 12.6. The molecule has 1 aliphatic heterocycles. The van der Waals surface area contributed by atoms with Gasteiger partial charge in [0.15, 0.2) is 11.5 Å². The zero-order valence-electron chi connectivity index (χ0n) is 11.0. The first-order valence-corrected chi connectivity index (χ1v) is 6.79. The van der Waals surface area contributed by atoms with E-state index in [0.29, 0.717) is 11.2 Å². The van der Waals surface area contributed by atoms with Gasteiger partial charge in [0.05, 0.1) is 7.11 Å². The molecule has 3 heteroatoms. The second-order valence-corrected chi connectivity index (χ2v) is 5.82. The van der Waals surface area contributed by atoms with Crippen LogP contribution >= 0.6 is 0 Å². The van der Waals surface area contributed by atoms with Crippen LogP contribution in [0.3, 0.4) is 0 Å². The van der Waals surface area contributed by atoms with Gasteiger partial charge in [0.2, 0.25) is 0 Å². The molecule has 18 heavy (non-hydrogen) atoms. The lowest BCUT2D eigenvalue weighted by Gasteiger charge is -2.33. The van der Waals surface area contributed by atoms with Gasteiger partial charge in [-0.25, -0.2) is 0 Å². The highest BCUT2D eigenvalue weighted by Crippen LogP contribution is 2.52. The first-order chi connectivity index (χ1) is 8.71. The second kappa shape index (κ2) is 4.47. The van der Waals surface area contributed by atoms with Gasteiger partial charge in [-0.15, -0.1) is 0 Å². The van der Waals surface area contributed by atoms with Crippen LogP contribution in [0.4, 0.5) is 0 Å². The van der Waals surface area contributed by atoms with Crippen LogP contribution in [0.1, 0.15) is 31.2 Å². The number of nitrogens with zero attached hydrogens (tertiary/aromatic N) is 1. The van der Waals surface area contributed by atoms with Crippen LogP contribution in [0.2, 0.25) is 0 Å². The molecule has 1 saturated carbocycles. The van der Waals surface area contributed by atoms with Crippen LogP contribution in [-0.2, 0) is 6.54 Å². The summed E-state index contributed by atoms with van der Waals surface area (Å²) in [4.78, 5) is 2.54. The maximum atomic E-state index is 9.60. The van der Waals surface area contributed by atoms with Crippen molar-refractivity contribution in [2.45, 2.75) is 32.2 Å². The van der Waals surface area contributed by atoms with E-state index in [0.717, 1.165) is 6.54 Å². The Morgan fingerprint density at radius 1 is 1.33 bits per heavy atom. The summed E-state index contributed by atoms with van der Waals surface area (Å²) >= 11 is 0. The van der Waals surface area contributed by atoms with E-state index in [1.54, 1.807) is 13.2 Å². The van der Waals surface area contributed by atoms with Crippen LogP contribution in [0.5, 0.6) is 11.5 Å². The minimum atomic E-state index is 0.221. The number of hydrogen-bond acceptors (Lipinski definition) is 3. The van der Waals surface area contributed by atoms with Crippen molar-refractivity contribution in [3.05, 3.63) is 23.8 Å². The number of likely N-dealkylation sites (tertiary alicyclic amines) is 1. The van der Waals surface area contributed by atoms with Gasteiger partial charge in [0.1, 0.15) is 0 Å². The van der Waals surface area contributed by atoms with Gasteiger partial charge in [-0.2, -0.15) is 0 Å². The molecule has 98 valence electrons. The highest BCUT2D eigenvalue weighted by Gasteiger charge is 2.45. The second-order valence-electron chi connectivity index (χ2n) is 5.82. The lowest BCUT2D eigenvalue weighted by Crippen LogP contribution is -2.35. The molecule has 1 spiro atoms. The van der Waals surface area contributed by atoms with Gasteiger partial charge >= 0.3 is 0 Å². The maximum Gasteiger partial charge on any atom is 0.160 e. The topological polar surface area (TPSA) is 32.7 Å². The van der Waals surface area contributed by atoms with E-state index >= 15 is 0 Å². The fraction of sp³-hybridized carbons (Fsp3) is 0.600. The fourth-order valence-electron chi connectivity index (χ4n) is 3.11. The van der Waals surface area contributed by atoms with E-state index in [9.17, 15) is 5.11 Å². The number of phenolic OH excluding ortho intramolecular Hbond substituents is 1. The van der Waals surface area contributed by atoms with Crippen LogP contribution in [0.25, 0.3) is 0 Å². The van der Waals surface area contributed by atoms with Gasteiger partial charge in [-0.3, -0.25) is 4.90 Å². The van der Waals surface area contributed by atoms with E-state index in [1.165, 1.54) is 44.3 Å². The highest BCUT2D eigenvalue weighted by atomic mass is 16.5. The number of rotatable bonds is 3. The minimum Gasteiger partial charge on any atom is -0.504 e. The normalized spacial score (nSPS) is 22.1. The molecule has 0 atom stereocenters. The fourth-order valence-corrected chi connectivity index (χ4v) is 3.11. The summed E-state index contributed by atoms with van der Waals surface area (Å²) < 4.78 is 5.16. The molecule has 0 radical (unpaired) electrons. The number of piperidine rings is 1. The SMILES string of the molecule is COc1cc(CN2CCCC3(CC3)C2)ccc1O. The van der Waals surface area contributed by atoms with Gasteiger partial charge in [0.25, 0.3) is 0 Å². The van der Waals surface area contributed by atoms with Crippen molar-refractivity contribution in [1.29, 1.82) is 0 Å². The lowest BCUT2D eigenvalue weighted by molar-refractivity contribution is 0.154. The van der Waals surface area contributed by atoms with Crippen molar-refractivity contribution in [2.75, 3.05) is 20.2 Å². The largest absolute Gasteiger partial charge is 0.504 e. The van der Waals surface area contributed by atoms with Gasteiger partial charge in [-0.05, 0) is 55.3 Å². The predicted molar refractivity (Wildman–Crippen MR) is 70.8 cm³/mol. The average molecular weight is 247 g/mol. The van der Waals surface area contributed by atoms with E-state index in [-0.39, 0.29) is 5.75 Å². The van der Waals surface area contributed by atoms with E-state index in [2.05, 4.69) is 4.90 Å². The summed E-state index contributed by atoms with van der Waals surface area (Å²) in [6.07, 6.45) is 5.59. The van der Waals surface area contributed by atoms with Crippen molar-refractivity contribution in [3.8, 4) is 11.5 Å². The Balaban J connectivity index is 1.68. The third-order valence-corrected chi connectivity index (χ3v) is 4.35. The molecule has 0 aromatic heterocycles. The first kappa shape index (κ1) is 11.8. The number of hydrogen-bond donors (Lipinski definition) is 1. The van der Waals surface area contributed by atoms with Gasteiger partial charge in [-0.1, -0.05) is 6.07 Å². The first-order valence-electron chi connectivity index (χ1n) is 6.79. The molecule has 3 nitrogen and oxygen atoms in total. The van der Waals surface area contributed by atoms with Gasteiger partial charge in [0, 0.05) is 13.1 Å². The molecule has 2 fully saturated rings. The van der Waals surface area contributed by atoms with Crippen LogP contribution in [-0.4, -0.2) is 30.2 Å². The molecular formula is C15H21NO2. The summed E-state index contributed by atoms with van der Waals surface area (Å²) in [6.45, 7) is 3.42. The molecule has 1 saturated heterocycles. The third kappa shape index (κ3) is 2.32. The summed E-state index contributed by atoms with van der Waals surface area (Å²) in [6, 6.07) is 5.67. The van der Waals surface area contributed by atoms with Crippen molar-refractivity contribution >= 4 is 0 Å².